The smallest absolute Gasteiger partial charge is 0.167 e. The number of Topliss-reactive ketones (excluding diaryl/α,β-unsaturated/α-hetero) is 1. The van der Waals surface area contributed by atoms with E-state index in [1.807, 2.05) is 18.2 Å². The Morgan fingerprint density at radius 2 is 1.67 bits per heavy atom. The summed E-state index contributed by atoms with van der Waals surface area (Å²) in [5.74, 6) is 1.43. The van der Waals surface area contributed by atoms with Gasteiger partial charge in [-0.1, -0.05) is 15.9 Å². The Hall–Kier alpha value is -1.33. The normalized spacial score (nSPS) is 10.3. The van der Waals surface area contributed by atoms with Crippen LogP contribution in [0.2, 0.25) is 0 Å². The first kappa shape index (κ1) is 16.0. The number of halogens is 2. The molecule has 0 saturated heterocycles. The van der Waals surface area contributed by atoms with Crippen LogP contribution >= 0.6 is 31.9 Å². The van der Waals surface area contributed by atoms with Gasteiger partial charge in [0.1, 0.15) is 11.5 Å². The lowest BCUT2D eigenvalue weighted by atomic mass is 10.0. The fourth-order valence-corrected chi connectivity index (χ4v) is 2.95. The summed E-state index contributed by atoms with van der Waals surface area (Å²) in [7, 11) is 3.19. The summed E-state index contributed by atoms with van der Waals surface area (Å²) in [5.41, 5.74) is 1.48. The van der Waals surface area contributed by atoms with Crippen LogP contribution in [0.25, 0.3) is 0 Å². The van der Waals surface area contributed by atoms with Crippen LogP contribution in [0.5, 0.6) is 11.5 Å². The fraction of sp³-hybridized carbons (Fsp3) is 0.188. The number of hydrogen-bond donors (Lipinski definition) is 0. The highest BCUT2D eigenvalue weighted by molar-refractivity contribution is 9.10. The summed E-state index contributed by atoms with van der Waals surface area (Å²) in [6.07, 6.45) is 0.279. The van der Waals surface area contributed by atoms with Crippen LogP contribution in [0.4, 0.5) is 0 Å². The third-order valence-electron chi connectivity index (χ3n) is 3.07. The molecule has 3 nitrogen and oxygen atoms in total. The Kier molecular flexibility index (Phi) is 5.42. The van der Waals surface area contributed by atoms with Crippen LogP contribution < -0.4 is 9.47 Å². The van der Waals surface area contributed by atoms with Gasteiger partial charge in [0.2, 0.25) is 0 Å². The maximum atomic E-state index is 12.4. The van der Waals surface area contributed by atoms with E-state index in [0.29, 0.717) is 17.1 Å². The average molecular weight is 414 g/mol. The molecule has 0 N–H and O–H groups in total. The van der Waals surface area contributed by atoms with E-state index >= 15 is 0 Å². The van der Waals surface area contributed by atoms with E-state index in [0.717, 1.165) is 14.5 Å². The zero-order valence-corrected chi connectivity index (χ0v) is 14.8. The molecule has 0 aliphatic carbocycles. The van der Waals surface area contributed by atoms with Gasteiger partial charge in [0.25, 0.3) is 0 Å². The van der Waals surface area contributed by atoms with E-state index < -0.39 is 0 Å². The molecule has 0 fully saturated rings. The standard InChI is InChI=1S/C16H14Br2O3/c1-20-15-6-4-12(17)7-11(15)9-14(19)10-3-5-16(21-2)13(18)8-10/h3-8H,9H2,1-2H3. The van der Waals surface area contributed by atoms with Crippen LogP contribution in [0.3, 0.4) is 0 Å². The summed E-state index contributed by atoms with van der Waals surface area (Å²) in [5, 5.41) is 0. The van der Waals surface area contributed by atoms with E-state index in [1.54, 1.807) is 32.4 Å². The number of methoxy groups -OCH3 is 2. The zero-order chi connectivity index (χ0) is 15.4. The van der Waals surface area contributed by atoms with Crippen LogP contribution in [-0.2, 0) is 6.42 Å². The van der Waals surface area contributed by atoms with Crippen LogP contribution in [-0.4, -0.2) is 20.0 Å². The maximum Gasteiger partial charge on any atom is 0.167 e. The Morgan fingerprint density at radius 1 is 1.00 bits per heavy atom. The number of benzene rings is 2. The van der Waals surface area contributed by atoms with Gasteiger partial charge in [-0.2, -0.15) is 0 Å². The van der Waals surface area contributed by atoms with Crippen molar-refractivity contribution in [2.24, 2.45) is 0 Å². The van der Waals surface area contributed by atoms with Crippen molar-refractivity contribution in [3.05, 3.63) is 56.5 Å². The summed E-state index contributed by atoms with van der Waals surface area (Å²) in [4.78, 5) is 12.4. The van der Waals surface area contributed by atoms with Crippen LogP contribution in [0.1, 0.15) is 15.9 Å². The fourth-order valence-electron chi connectivity index (χ4n) is 2.00. The number of carbonyl (C=O) groups is 1. The van der Waals surface area contributed by atoms with Gasteiger partial charge in [-0.25, -0.2) is 0 Å². The van der Waals surface area contributed by atoms with Gasteiger partial charge >= 0.3 is 0 Å². The highest BCUT2D eigenvalue weighted by atomic mass is 79.9. The molecule has 0 heterocycles. The molecular formula is C16H14Br2O3. The third-order valence-corrected chi connectivity index (χ3v) is 4.18. The van der Waals surface area contributed by atoms with Gasteiger partial charge in [-0.3, -0.25) is 4.79 Å². The van der Waals surface area contributed by atoms with Gasteiger partial charge in [-0.15, -0.1) is 0 Å². The van der Waals surface area contributed by atoms with E-state index in [4.69, 9.17) is 9.47 Å². The second-order valence-electron chi connectivity index (χ2n) is 4.41. The molecule has 0 unspecified atom stereocenters. The monoisotopic (exact) mass is 412 g/mol. The van der Waals surface area contributed by atoms with Crippen molar-refractivity contribution in [3.8, 4) is 11.5 Å². The highest BCUT2D eigenvalue weighted by Crippen LogP contribution is 2.28. The Morgan fingerprint density at radius 3 is 2.29 bits per heavy atom. The van der Waals surface area contributed by atoms with E-state index in [2.05, 4.69) is 31.9 Å². The van der Waals surface area contributed by atoms with Crippen LogP contribution in [0, 0.1) is 0 Å². The van der Waals surface area contributed by atoms with E-state index in [1.165, 1.54) is 0 Å². The van der Waals surface area contributed by atoms with Gasteiger partial charge in [0.15, 0.2) is 5.78 Å². The molecule has 0 atom stereocenters. The van der Waals surface area contributed by atoms with Crippen molar-refractivity contribution < 1.29 is 14.3 Å². The molecule has 0 bridgehead atoms. The summed E-state index contributed by atoms with van der Waals surface area (Å²) in [6.45, 7) is 0. The molecule has 110 valence electrons. The van der Waals surface area contributed by atoms with Crippen molar-refractivity contribution >= 4 is 37.6 Å². The summed E-state index contributed by atoms with van der Waals surface area (Å²) < 4.78 is 12.1. The van der Waals surface area contributed by atoms with Gasteiger partial charge in [-0.05, 0) is 52.3 Å². The molecule has 5 heteroatoms. The molecule has 2 aromatic carbocycles. The molecule has 0 aliphatic rings. The molecule has 0 spiro atoms. The minimum Gasteiger partial charge on any atom is -0.496 e. The number of rotatable bonds is 5. The minimum atomic E-state index is 0.0229. The lowest BCUT2D eigenvalue weighted by Crippen LogP contribution is -2.05. The van der Waals surface area contributed by atoms with E-state index in [9.17, 15) is 4.79 Å². The molecule has 0 aromatic heterocycles. The predicted molar refractivity (Wildman–Crippen MR) is 89.4 cm³/mol. The first-order valence-electron chi connectivity index (χ1n) is 6.24. The quantitative estimate of drug-likeness (QED) is 0.669. The van der Waals surface area contributed by atoms with Crippen molar-refractivity contribution in [2.75, 3.05) is 14.2 Å². The summed E-state index contributed by atoms with van der Waals surface area (Å²) in [6, 6.07) is 10.9. The number of hydrogen-bond acceptors (Lipinski definition) is 3. The van der Waals surface area contributed by atoms with Gasteiger partial charge < -0.3 is 9.47 Å². The largest absolute Gasteiger partial charge is 0.496 e. The summed E-state index contributed by atoms with van der Waals surface area (Å²) >= 11 is 6.80. The molecular weight excluding hydrogens is 400 g/mol. The first-order chi connectivity index (χ1) is 10.0. The van der Waals surface area contributed by atoms with Crippen molar-refractivity contribution in [1.29, 1.82) is 0 Å². The molecule has 21 heavy (non-hydrogen) atoms. The van der Waals surface area contributed by atoms with Gasteiger partial charge in [0, 0.05) is 22.0 Å². The average Bonchev–Trinajstić information content (AvgIpc) is 2.47. The second kappa shape index (κ2) is 7.09. The topological polar surface area (TPSA) is 35.5 Å². The second-order valence-corrected chi connectivity index (χ2v) is 6.18. The number of ketones is 1. The van der Waals surface area contributed by atoms with Crippen molar-refractivity contribution in [2.45, 2.75) is 6.42 Å². The third kappa shape index (κ3) is 3.86. The van der Waals surface area contributed by atoms with Crippen LogP contribution in [0.15, 0.2) is 45.3 Å². The lowest BCUT2D eigenvalue weighted by Gasteiger charge is -2.09. The molecule has 2 aromatic rings. The maximum absolute atomic E-state index is 12.4. The van der Waals surface area contributed by atoms with E-state index in [-0.39, 0.29) is 12.2 Å². The van der Waals surface area contributed by atoms with Gasteiger partial charge in [0.05, 0.1) is 18.7 Å². The Labute approximate surface area is 140 Å². The lowest BCUT2D eigenvalue weighted by molar-refractivity contribution is 0.0992. The Bertz CT molecular complexity index is 669. The zero-order valence-electron chi connectivity index (χ0n) is 11.7. The molecule has 0 aliphatic heterocycles. The highest BCUT2D eigenvalue weighted by Gasteiger charge is 2.13. The molecule has 2 rings (SSSR count). The van der Waals surface area contributed by atoms with Crippen molar-refractivity contribution in [3.63, 3.8) is 0 Å². The first-order valence-corrected chi connectivity index (χ1v) is 7.83. The van der Waals surface area contributed by atoms with Crippen molar-refractivity contribution in [1.82, 2.24) is 0 Å². The predicted octanol–water partition coefficient (Wildman–Crippen LogP) is 4.65. The number of ether oxygens (including phenoxy) is 2. The Balaban J connectivity index is 2.26. The number of carbonyl (C=O) groups excluding carboxylic acids is 1. The minimum absolute atomic E-state index is 0.0229. The molecule has 0 amide bonds. The molecule has 0 saturated carbocycles. The SMILES string of the molecule is COc1ccc(C(=O)Cc2cc(Br)ccc2OC)cc1Br. The molecule has 0 radical (unpaired) electrons.